The molecule has 31 heavy (non-hydrogen) atoms. The van der Waals surface area contributed by atoms with Crippen LogP contribution in [-0.2, 0) is 16.7 Å². The lowest BCUT2D eigenvalue weighted by Crippen LogP contribution is -3.00. The molecule has 0 saturated heterocycles. The van der Waals surface area contributed by atoms with Gasteiger partial charge in [0.1, 0.15) is 5.75 Å². The van der Waals surface area contributed by atoms with Crippen molar-refractivity contribution < 1.29 is 27.6 Å². The number of hydrogen-bond acceptors (Lipinski definition) is 2. The summed E-state index contributed by atoms with van der Waals surface area (Å²) in [6, 6.07) is 14.6. The number of para-hydroxylation sites is 1. The van der Waals surface area contributed by atoms with Crippen molar-refractivity contribution in [3.05, 3.63) is 64.7 Å². The number of benzene rings is 2. The Labute approximate surface area is 196 Å². The van der Waals surface area contributed by atoms with Crippen molar-refractivity contribution in [1.29, 1.82) is 0 Å². The maximum Gasteiger partial charge on any atom is 0.209 e. The molecule has 0 aromatic heterocycles. The lowest BCUT2D eigenvalue weighted by molar-refractivity contribution is -0.386. The molecule has 0 aliphatic carbocycles. The van der Waals surface area contributed by atoms with Gasteiger partial charge in [0.05, 0.1) is 12.0 Å². The minimum atomic E-state index is -0.361. The Hall–Kier alpha value is -1.55. The van der Waals surface area contributed by atoms with Gasteiger partial charge in [-0.15, -0.1) is 0 Å². The van der Waals surface area contributed by atoms with Gasteiger partial charge in [0.2, 0.25) is 6.29 Å². The van der Waals surface area contributed by atoms with E-state index in [0.717, 1.165) is 25.1 Å². The summed E-state index contributed by atoms with van der Waals surface area (Å²) in [5.41, 5.74) is 9.36. The summed E-state index contributed by atoms with van der Waals surface area (Å²) >= 11 is 0. The third-order valence-electron chi connectivity index (χ3n) is 5.89. The van der Waals surface area contributed by atoms with Crippen LogP contribution in [0.2, 0.25) is 0 Å². The molecule has 4 heteroatoms. The maximum atomic E-state index is 6.63. The quantitative estimate of drug-likeness (QED) is 0.538. The zero-order chi connectivity index (χ0) is 22.3. The largest absolute Gasteiger partial charge is 1.00 e. The van der Waals surface area contributed by atoms with E-state index in [2.05, 4.69) is 66.3 Å². The average Bonchev–Trinajstić information content (AvgIpc) is 2.69. The van der Waals surface area contributed by atoms with Crippen molar-refractivity contribution in [3.8, 4) is 5.75 Å². The van der Waals surface area contributed by atoms with Gasteiger partial charge < -0.3 is 27.6 Å². The van der Waals surface area contributed by atoms with Crippen molar-refractivity contribution in [2.75, 3.05) is 6.61 Å². The molecule has 0 saturated carbocycles. The molecule has 2 aromatic carbocycles. The molecule has 0 bridgehead atoms. The van der Waals surface area contributed by atoms with Crippen LogP contribution in [-0.4, -0.2) is 12.9 Å². The van der Waals surface area contributed by atoms with E-state index in [9.17, 15) is 0 Å². The molecule has 0 heterocycles. The highest BCUT2D eigenvalue weighted by molar-refractivity contribution is 5.45. The first kappa shape index (κ1) is 27.5. The molecule has 3 N–H and O–H groups in total. The third-order valence-corrected chi connectivity index (χ3v) is 5.89. The van der Waals surface area contributed by atoms with Crippen LogP contribution < -0.4 is 22.9 Å². The van der Waals surface area contributed by atoms with Crippen molar-refractivity contribution in [3.63, 3.8) is 0 Å². The predicted octanol–water partition coefficient (Wildman–Crippen LogP) is 2.82. The molecule has 2 aromatic rings. The van der Waals surface area contributed by atoms with Crippen molar-refractivity contribution in [2.45, 2.75) is 79.6 Å². The van der Waals surface area contributed by atoms with E-state index in [0.29, 0.717) is 18.4 Å². The molecule has 1 unspecified atom stereocenters. The number of hydrogen-bond donors (Lipinski definition) is 1. The Morgan fingerprint density at radius 1 is 0.903 bits per heavy atom. The number of rotatable bonds is 11. The molecule has 1 atom stereocenters. The van der Waals surface area contributed by atoms with Crippen LogP contribution in [0.15, 0.2) is 42.5 Å². The highest BCUT2D eigenvalue weighted by Crippen LogP contribution is 2.46. The van der Waals surface area contributed by atoms with Crippen molar-refractivity contribution in [1.82, 2.24) is 0 Å². The van der Waals surface area contributed by atoms with Crippen molar-refractivity contribution in [2.24, 2.45) is 11.8 Å². The van der Waals surface area contributed by atoms with Gasteiger partial charge in [-0.25, -0.2) is 0 Å². The third kappa shape index (κ3) is 6.71. The predicted molar refractivity (Wildman–Crippen MR) is 126 cm³/mol. The Kier molecular flexibility index (Phi) is 11.1. The number of aryl methyl sites for hydroxylation is 1. The normalized spacial score (nSPS) is 12.7. The summed E-state index contributed by atoms with van der Waals surface area (Å²) in [5.74, 6) is 1.86. The molecule has 0 radical (unpaired) electrons. The van der Waals surface area contributed by atoms with E-state index in [4.69, 9.17) is 9.47 Å². The first-order valence-electron chi connectivity index (χ1n) is 11.5. The molecule has 0 spiro atoms. The van der Waals surface area contributed by atoms with Crippen LogP contribution in [0.1, 0.15) is 69.7 Å². The van der Waals surface area contributed by atoms with Gasteiger partial charge in [0, 0.05) is 12.2 Å². The fraction of sp³-hybridized carbons (Fsp3) is 0.556. The first-order chi connectivity index (χ1) is 14.2. The number of halogens is 1. The standard InChI is InChI=1S/C27H41NO2.ClH/c1-8-29-26(30-24-12-10-9-11-13-24)27(16-19(2)3,17-20(4)5)25-22(7)21(6)14-15-23(25)18-28;/h9-15,19-20,26H,8,16-18,28H2,1-7H3;1H. The summed E-state index contributed by atoms with van der Waals surface area (Å²) in [6.07, 6.45) is 1.64. The topological polar surface area (TPSA) is 46.1 Å². The monoisotopic (exact) mass is 447 g/mol. The van der Waals surface area contributed by atoms with E-state index in [1.54, 1.807) is 0 Å². The Morgan fingerprint density at radius 3 is 1.97 bits per heavy atom. The Bertz CT molecular complexity index is 779. The number of quaternary nitrogens is 1. The zero-order valence-electron chi connectivity index (χ0n) is 20.5. The maximum absolute atomic E-state index is 6.63. The highest BCUT2D eigenvalue weighted by Gasteiger charge is 2.46. The van der Waals surface area contributed by atoms with Crippen LogP contribution >= 0.6 is 0 Å². The molecule has 0 fully saturated rings. The summed E-state index contributed by atoms with van der Waals surface area (Å²) in [7, 11) is 0. The van der Waals surface area contributed by atoms with Crippen LogP contribution in [0.5, 0.6) is 5.75 Å². The summed E-state index contributed by atoms with van der Waals surface area (Å²) in [5, 5.41) is 0. The van der Waals surface area contributed by atoms with Gasteiger partial charge >= 0.3 is 0 Å². The van der Waals surface area contributed by atoms with Crippen LogP contribution in [0, 0.1) is 25.7 Å². The van der Waals surface area contributed by atoms with E-state index >= 15 is 0 Å². The fourth-order valence-corrected chi connectivity index (χ4v) is 4.91. The van der Waals surface area contributed by atoms with Gasteiger partial charge in [0.25, 0.3) is 0 Å². The first-order valence-corrected chi connectivity index (χ1v) is 11.5. The molecule has 0 amide bonds. The Morgan fingerprint density at radius 2 is 1.48 bits per heavy atom. The molecular weight excluding hydrogens is 406 g/mol. The summed E-state index contributed by atoms with van der Waals surface area (Å²) in [4.78, 5) is 0. The van der Waals surface area contributed by atoms with Crippen molar-refractivity contribution >= 4 is 0 Å². The zero-order valence-corrected chi connectivity index (χ0v) is 21.3. The van der Waals surface area contributed by atoms with E-state index in [1.807, 2.05) is 30.3 Å². The van der Waals surface area contributed by atoms with Gasteiger partial charge in [0.15, 0.2) is 0 Å². The summed E-state index contributed by atoms with van der Waals surface area (Å²) < 4.78 is 13.0. The van der Waals surface area contributed by atoms with Gasteiger partial charge in [-0.05, 0) is 74.3 Å². The SMILES string of the molecule is CCOC(Oc1ccccc1)C(CC(C)C)(CC(C)C)c1c(C[NH3+])ccc(C)c1C.[Cl-]. The van der Waals surface area contributed by atoms with E-state index < -0.39 is 0 Å². The second kappa shape index (κ2) is 12.5. The smallest absolute Gasteiger partial charge is 0.209 e. The minimum absolute atomic E-state index is 0. The van der Waals surface area contributed by atoms with E-state index in [1.165, 1.54) is 22.3 Å². The van der Waals surface area contributed by atoms with Gasteiger partial charge in [-0.1, -0.05) is 58.0 Å². The summed E-state index contributed by atoms with van der Waals surface area (Å²) in [6.45, 7) is 17.1. The van der Waals surface area contributed by atoms with Crippen LogP contribution in [0.4, 0.5) is 0 Å². The molecule has 3 nitrogen and oxygen atoms in total. The van der Waals surface area contributed by atoms with Gasteiger partial charge in [-0.3, -0.25) is 0 Å². The van der Waals surface area contributed by atoms with E-state index in [-0.39, 0.29) is 24.1 Å². The fourth-order valence-electron chi connectivity index (χ4n) is 4.91. The van der Waals surface area contributed by atoms with Gasteiger partial charge in [-0.2, -0.15) is 0 Å². The molecular formula is C27H42ClNO2. The molecule has 0 aliphatic rings. The Balaban J connectivity index is 0.00000480. The van der Waals surface area contributed by atoms with Crippen LogP contribution in [0.25, 0.3) is 0 Å². The highest BCUT2D eigenvalue weighted by atomic mass is 35.5. The second-order valence-corrected chi connectivity index (χ2v) is 9.36. The average molecular weight is 448 g/mol. The second-order valence-electron chi connectivity index (χ2n) is 9.36. The molecule has 2 rings (SSSR count). The van der Waals surface area contributed by atoms with Crippen LogP contribution in [0.3, 0.4) is 0 Å². The number of ether oxygens (including phenoxy) is 2. The molecule has 174 valence electrons. The molecule has 0 aliphatic heterocycles. The minimum Gasteiger partial charge on any atom is -1.00 e. The lowest BCUT2D eigenvalue weighted by atomic mass is 9.65. The lowest BCUT2D eigenvalue weighted by Gasteiger charge is -2.44.